The maximum atomic E-state index is 12.0. The van der Waals surface area contributed by atoms with Crippen molar-refractivity contribution in [3.63, 3.8) is 0 Å². The predicted octanol–water partition coefficient (Wildman–Crippen LogP) is 2.77. The topological polar surface area (TPSA) is 52.6 Å². The highest BCUT2D eigenvalue weighted by Gasteiger charge is 2.49. The van der Waals surface area contributed by atoms with Gasteiger partial charge in [0, 0.05) is 12.3 Å². The number of carbonyl (C=O) groups excluding carboxylic acids is 2. The number of Topliss-reactive ketones (excluding diaryl/α,β-unsaturated/α-hetero) is 1. The summed E-state index contributed by atoms with van der Waals surface area (Å²) in [6.07, 6.45) is 0.172. The molecular weight excluding hydrogens is 260 g/mol. The van der Waals surface area contributed by atoms with Gasteiger partial charge in [-0.05, 0) is 18.1 Å². The molecule has 1 saturated carbocycles. The molecule has 1 aliphatic carbocycles. The Bertz CT molecular complexity index is 370. The lowest BCUT2D eigenvalue weighted by molar-refractivity contribution is -0.149. The lowest BCUT2D eigenvalue weighted by Gasteiger charge is -2.39. The molecule has 1 fully saturated rings. The van der Waals surface area contributed by atoms with Gasteiger partial charge in [-0.25, -0.2) is 0 Å². The van der Waals surface area contributed by atoms with Crippen molar-refractivity contribution in [2.45, 2.75) is 58.4 Å². The number of rotatable bonds is 3. The van der Waals surface area contributed by atoms with E-state index in [1.165, 1.54) is 7.11 Å². The largest absolute Gasteiger partial charge is 0.468 e. The van der Waals surface area contributed by atoms with E-state index in [4.69, 9.17) is 9.16 Å². The van der Waals surface area contributed by atoms with Crippen molar-refractivity contribution in [3.8, 4) is 0 Å². The van der Waals surface area contributed by atoms with Gasteiger partial charge in [0.05, 0.1) is 13.2 Å². The van der Waals surface area contributed by atoms with Gasteiger partial charge in [0.1, 0.15) is 11.7 Å². The molecule has 110 valence electrons. The molecule has 4 nitrogen and oxygen atoms in total. The molecule has 3 atom stereocenters. The molecule has 0 aromatic carbocycles. The minimum absolute atomic E-state index is 0.0527. The zero-order valence-electron chi connectivity index (χ0n) is 13.1. The Kier molecular flexibility index (Phi) is 4.62. The normalized spacial score (nSPS) is 28.6. The Labute approximate surface area is 117 Å². The van der Waals surface area contributed by atoms with Crippen molar-refractivity contribution in [2.24, 2.45) is 11.8 Å². The molecular formula is C14H26O4Si. The molecule has 1 aliphatic rings. The Morgan fingerprint density at radius 3 is 2.26 bits per heavy atom. The SMILES string of the molecule is COC(=O)[C@@H]1C(=O)C[C@@H](O[Si](C)(C)C(C)(C)C)[C@H]1C. The van der Waals surface area contributed by atoms with Crippen LogP contribution in [0.3, 0.4) is 0 Å². The van der Waals surface area contributed by atoms with E-state index in [2.05, 4.69) is 33.9 Å². The minimum Gasteiger partial charge on any atom is -0.468 e. The third-order valence-electron chi connectivity index (χ3n) is 4.57. The fraction of sp³-hybridized carbons (Fsp3) is 0.857. The first-order chi connectivity index (χ1) is 8.51. The van der Waals surface area contributed by atoms with Gasteiger partial charge in [-0.1, -0.05) is 27.7 Å². The molecule has 0 spiro atoms. The summed E-state index contributed by atoms with van der Waals surface area (Å²) in [7, 11) is -0.596. The Morgan fingerprint density at radius 1 is 1.32 bits per heavy atom. The highest BCUT2D eigenvalue weighted by molar-refractivity contribution is 6.74. The van der Waals surface area contributed by atoms with Gasteiger partial charge >= 0.3 is 5.97 Å². The van der Waals surface area contributed by atoms with Crippen LogP contribution in [-0.2, 0) is 18.8 Å². The molecule has 5 heteroatoms. The Hall–Kier alpha value is -0.683. The van der Waals surface area contributed by atoms with Gasteiger partial charge in [-0.2, -0.15) is 0 Å². The van der Waals surface area contributed by atoms with Crippen molar-refractivity contribution >= 4 is 20.1 Å². The van der Waals surface area contributed by atoms with Crippen LogP contribution in [0.2, 0.25) is 18.1 Å². The summed E-state index contributed by atoms with van der Waals surface area (Å²) < 4.78 is 11.0. The van der Waals surface area contributed by atoms with E-state index < -0.39 is 20.2 Å². The van der Waals surface area contributed by atoms with Crippen LogP contribution in [0, 0.1) is 11.8 Å². The summed E-state index contributed by atoms with van der Waals surface area (Å²) in [6, 6.07) is 0. The molecule has 19 heavy (non-hydrogen) atoms. The van der Waals surface area contributed by atoms with Crippen LogP contribution < -0.4 is 0 Å². The second-order valence-electron chi connectivity index (χ2n) is 6.95. The first kappa shape index (κ1) is 16.4. The number of hydrogen-bond donors (Lipinski definition) is 0. The summed E-state index contributed by atoms with van der Waals surface area (Å²) >= 11 is 0. The molecule has 0 saturated heterocycles. The van der Waals surface area contributed by atoms with E-state index in [-0.39, 0.29) is 22.8 Å². The molecule has 0 N–H and O–H groups in total. The predicted molar refractivity (Wildman–Crippen MR) is 76.4 cm³/mol. The second-order valence-corrected chi connectivity index (χ2v) is 11.7. The van der Waals surface area contributed by atoms with Gasteiger partial charge in [0.2, 0.25) is 0 Å². The highest BCUT2D eigenvalue weighted by atomic mass is 28.4. The van der Waals surface area contributed by atoms with Crippen LogP contribution in [0.15, 0.2) is 0 Å². The van der Waals surface area contributed by atoms with Crippen molar-refractivity contribution in [3.05, 3.63) is 0 Å². The van der Waals surface area contributed by atoms with E-state index in [0.717, 1.165) is 0 Å². The summed E-state index contributed by atoms with van der Waals surface area (Å²) in [5.74, 6) is -1.24. The molecule has 0 bridgehead atoms. The first-order valence-electron chi connectivity index (χ1n) is 6.79. The summed E-state index contributed by atoms with van der Waals surface area (Å²) in [5, 5.41) is 0.0963. The van der Waals surface area contributed by atoms with Crippen LogP contribution in [0.25, 0.3) is 0 Å². The summed E-state index contributed by atoms with van der Waals surface area (Å²) in [4.78, 5) is 23.6. The molecule has 0 aliphatic heterocycles. The third-order valence-corrected chi connectivity index (χ3v) is 9.07. The van der Waals surface area contributed by atoms with Crippen molar-refractivity contribution in [1.29, 1.82) is 0 Å². The van der Waals surface area contributed by atoms with Gasteiger partial charge in [-0.15, -0.1) is 0 Å². The van der Waals surface area contributed by atoms with Gasteiger partial charge < -0.3 is 9.16 Å². The molecule has 1 rings (SSSR count). The van der Waals surface area contributed by atoms with Crippen LogP contribution in [0.5, 0.6) is 0 Å². The minimum atomic E-state index is -1.92. The smallest absolute Gasteiger partial charge is 0.316 e. The van der Waals surface area contributed by atoms with Gasteiger partial charge in [0.15, 0.2) is 8.32 Å². The Morgan fingerprint density at radius 2 is 1.84 bits per heavy atom. The fourth-order valence-corrected chi connectivity index (χ4v) is 3.60. The van der Waals surface area contributed by atoms with Crippen LogP contribution in [0.4, 0.5) is 0 Å². The van der Waals surface area contributed by atoms with Crippen molar-refractivity contribution in [1.82, 2.24) is 0 Å². The number of ether oxygens (including phenoxy) is 1. The number of hydrogen-bond acceptors (Lipinski definition) is 4. The molecule has 0 aromatic heterocycles. The number of ketones is 1. The quantitative estimate of drug-likeness (QED) is 0.455. The zero-order valence-corrected chi connectivity index (χ0v) is 14.1. The van der Waals surface area contributed by atoms with Crippen molar-refractivity contribution < 1.29 is 18.8 Å². The van der Waals surface area contributed by atoms with Gasteiger partial charge in [-0.3, -0.25) is 9.59 Å². The molecule has 0 unspecified atom stereocenters. The Balaban J connectivity index is 2.84. The van der Waals surface area contributed by atoms with E-state index in [0.29, 0.717) is 6.42 Å². The molecule has 0 radical (unpaired) electrons. The van der Waals surface area contributed by atoms with Crippen LogP contribution >= 0.6 is 0 Å². The summed E-state index contributed by atoms with van der Waals surface area (Å²) in [5.41, 5.74) is 0. The average molecular weight is 286 g/mol. The number of methoxy groups -OCH3 is 1. The molecule has 0 amide bonds. The lowest BCUT2D eigenvalue weighted by Crippen LogP contribution is -2.45. The first-order valence-corrected chi connectivity index (χ1v) is 9.70. The van der Waals surface area contributed by atoms with Crippen LogP contribution in [-0.4, -0.2) is 33.3 Å². The molecule has 0 aromatic rings. The highest BCUT2D eigenvalue weighted by Crippen LogP contribution is 2.41. The second kappa shape index (κ2) is 5.36. The maximum Gasteiger partial charge on any atom is 0.316 e. The van der Waals surface area contributed by atoms with Crippen molar-refractivity contribution in [2.75, 3.05) is 7.11 Å². The fourth-order valence-electron chi connectivity index (χ4n) is 2.20. The standard InChI is InChI=1S/C14H26O4Si/c1-9-11(18-19(6,7)14(2,3)4)8-10(15)12(9)13(16)17-5/h9,11-12H,8H2,1-7H3/t9-,11-,12+/m1/s1. The van der Waals surface area contributed by atoms with E-state index in [9.17, 15) is 9.59 Å². The van der Waals surface area contributed by atoms with E-state index in [1.807, 2.05) is 6.92 Å². The van der Waals surface area contributed by atoms with E-state index in [1.54, 1.807) is 0 Å². The number of esters is 1. The third kappa shape index (κ3) is 3.26. The average Bonchev–Trinajstić information content (AvgIpc) is 2.51. The molecule has 0 heterocycles. The van der Waals surface area contributed by atoms with Crippen LogP contribution in [0.1, 0.15) is 34.1 Å². The van der Waals surface area contributed by atoms with Gasteiger partial charge in [0.25, 0.3) is 0 Å². The maximum absolute atomic E-state index is 12.0. The van der Waals surface area contributed by atoms with E-state index >= 15 is 0 Å². The lowest BCUT2D eigenvalue weighted by atomic mass is 9.97. The number of carbonyl (C=O) groups is 2. The monoisotopic (exact) mass is 286 g/mol. The zero-order chi connectivity index (χ0) is 15.0. The summed E-state index contributed by atoms with van der Waals surface area (Å²) in [6.45, 7) is 12.7.